The van der Waals surface area contributed by atoms with E-state index in [1.54, 1.807) is 37.3 Å². The Kier molecular flexibility index (Phi) is 5.44. The Balaban J connectivity index is 1.42. The van der Waals surface area contributed by atoms with Crippen molar-refractivity contribution in [3.63, 3.8) is 0 Å². The second-order valence-corrected chi connectivity index (χ2v) is 11.0. The third-order valence-electron chi connectivity index (χ3n) is 7.01. The number of rotatable bonds is 4. The molecule has 2 saturated carbocycles. The number of imide groups is 1. The number of nitrogens with zero attached hydrogens (tertiary/aromatic N) is 1. The van der Waals surface area contributed by atoms with Crippen molar-refractivity contribution in [2.75, 3.05) is 10.2 Å². The molecule has 2 N–H and O–H groups in total. The summed E-state index contributed by atoms with van der Waals surface area (Å²) in [6, 6.07) is 11.0. The highest BCUT2D eigenvalue weighted by atomic mass is 79.9. The number of carboxylic acids is 1. The van der Waals surface area contributed by atoms with Crippen LogP contribution in [0.15, 0.2) is 42.5 Å². The minimum Gasteiger partial charge on any atom is -0.478 e. The Morgan fingerprint density at radius 2 is 1.64 bits per heavy atom. The summed E-state index contributed by atoms with van der Waals surface area (Å²) in [5, 5.41) is 12.1. The van der Waals surface area contributed by atoms with Crippen molar-refractivity contribution in [3.8, 4) is 0 Å². The summed E-state index contributed by atoms with van der Waals surface area (Å²) in [6.07, 6.45) is 0.845. The van der Waals surface area contributed by atoms with Gasteiger partial charge < -0.3 is 10.4 Å². The number of carbonyl (C=O) groups excluding carboxylic acids is 3. The molecule has 3 fully saturated rings. The van der Waals surface area contributed by atoms with E-state index in [0.29, 0.717) is 5.69 Å². The Morgan fingerprint density at radius 1 is 1.00 bits per heavy atom. The fourth-order valence-corrected chi connectivity index (χ4v) is 7.41. The zero-order valence-corrected chi connectivity index (χ0v) is 20.7. The molecule has 1 heterocycles. The van der Waals surface area contributed by atoms with Crippen LogP contribution < -0.4 is 10.2 Å². The quantitative estimate of drug-likeness (QED) is 0.419. The van der Waals surface area contributed by atoms with Crippen molar-refractivity contribution in [1.82, 2.24) is 0 Å². The van der Waals surface area contributed by atoms with Gasteiger partial charge in [-0.25, -0.2) is 4.79 Å². The monoisotopic (exact) mass is 574 g/mol. The van der Waals surface area contributed by atoms with Gasteiger partial charge in [0.2, 0.25) is 11.8 Å². The van der Waals surface area contributed by atoms with Gasteiger partial charge in [0.15, 0.2) is 0 Å². The molecule has 170 valence electrons. The molecule has 2 aromatic carbocycles. The van der Waals surface area contributed by atoms with E-state index in [4.69, 9.17) is 0 Å². The Labute approximate surface area is 206 Å². The van der Waals surface area contributed by atoms with E-state index in [9.17, 15) is 24.3 Å². The molecular weight excluding hydrogens is 556 g/mol. The van der Waals surface area contributed by atoms with Gasteiger partial charge in [0.25, 0.3) is 5.91 Å². The summed E-state index contributed by atoms with van der Waals surface area (Å²) in [5.74, 6) is -2.58. The van der Waals surface area contributed by atoms with E-state index in [-0.39, 0.29) is 62.0 Å². The highest BCUT2D eigenvalue weighted by Crippen LogP contribution is 2.60. The van der Waals surface area contributed by atoms with Crippen molar-refractivity contribution >= 4 is 66.9 Å². The lowest BCUT2D eigenvalue weighted by molar-refractivity contribution is -0.123. The largest absolute Gasteiger partial charge is 0.478 e. The van der Waals surface area contributed by atoms with Gasteiger partial charge in [0, 0.05) is 15.2 Å². The Hall–Kier alpha value is -2.52. The molecule has 0 spiro atoms. The number of hydrogen-bond acceptors (Lipinski definition) is 4. The molecular formula is C24H20Br2N2O5. The fraction of sp³-hybridized carbons (Fsp3) is 0.333. The van der Waals surface area contributed by atoms with Crippen molar-refractivity contribution in [1.29, 1.82) is 0 Å². The van der Waals surface area contributed by atoms with Gasteiger partial charge >= 0.3 is 5.97 Å². The number of hydrogen-bond donors (Lipinski definition) is 2. The van der Waals surface area contributed by atoms with Crippen molar-refractivity contribution in [3.05, 3.63) is 59.2 Å². The summed E-state index contributed by atoms with van der Waals surface area (Å²) in [5.41, 5.74) is 1.54. The molecule has 3 aliphatic rings. The SMILES string of the molecule is Cc1ccc(C(=O)O)c(NC(=O)c2cccc(N3C(=O)[C@@H]4[C@H]5C[C@@H]([C@H](Br)[C@H]5Br)[C@H]4C3=O)c2)c1. The number of halogens is 2. The van der Waals surface area contributed by atoms with Crippen LogP contribution in [0.1, 0.15) is 32.7 Å². The van der Waals surface area contributed by atoms with E-state index >= 15 is 0 Å². The van der Waals surface area contributed by atoms with Crippen LogP contribution in [0.4, 0.5) is 11.4 Å². The topological polar surface area (TPSA) is 104 Å². The minimum absolute atomic E-state index is 0.0213. The van der Waals surface area contributed by atoms with Crippen LogP contribution in [0, 0.1) is 30.6 Å². The second kappa shape index (κ2) is 8.06. The number of amides is 3. The van der Waals surface area contributed by atoms with Crippen LogP contribution in [0.25, 0.3) is 0 Å². The zero-order chi connectivity index (χ0) is 23.6. The first-order valence-electron chi connectivity index (χ1n) is 10.6. The molecule has 3 amide bonds. The summed E-state index contributed by atoms with van der Waals surface area (Å²) < 4.78 is 0. The fourth-order valence-electron chi connectivity index (χ4n) is 5.53. The number of fused-ring (bicyclic) bond motifs is 5. The number of aromatic carboxylic acids is 1. The van der Waals surface area contributed by atoms with Gasteiger partial charge in [0.05, 0.1) is 28.8 Å². The number of carbonyl (C=O) groups is 4. The van der Waals surface area contributed by atoms with E-state index in [1.165, 1.54) is 17.0 Å². The molecule has 2 aromatic rings. The first-order valence-corrected chi connectivity index (χ1v) is 12.4. The molecule has 0 unspecified atom stereocenters. The van der Waals surface area contributed by atoms with Crippen LogP contribution in [0.3, 0.4) is 0 Å². The number of anilines is 2. The maximum atomic E-state index is 13.3. The third-order valence-corrected chi connectivity index (χ3v) is 10.2. The van der Waals surface area contributed by atoms with Gasteiger partial charge in [-0.1, -0.05) is 44.0 Å². The van der Waals surface area contributed by atoms with Gasteiger partial charge in [0.1, 0.15) is 0 Å². The predicted molar refractivity (Wildman–Crippen MR) is 129 cm³/mol. The number of aryl methyl sites for hydroxylation is 1. The van der Waals surface area contributed by atoms with Crippen molar-refractivity contribution in [2.45, 2.75) is 23.0 Å². The Bertz CT molecular complexity index is 1180. The van der Waals surface area contributed by atoms with Crippen molar-refractivity contribution < 1.29 is 24.3 Å². The molecule has 5 rings (SSSR count). The molecule has 1 saturated heterocycles. The second-order valence-electron chi connectivity index (χ2n) is 8.87. The summed E-state index contributed by atoms with van der Waals surface area (Å²) >= 11 is 7.36. The van der Waals surface area contributed by atoms with Gasteiger partial charge in [-0.3, -0.25) is 19.3 Å². The van der Waals surface area contributed by atoms with Gasteiger partial charge in [-0.2, -0.15) is 0 Å². The molecule has 0 radical (unpaired) electrons. The lowest BCUT2D eigenvalue weighted by atomic mass is 9.81. The summed E-state index contributed by atoms with van der Waals surface area (Å²) in [7, 11) is 0. The first kappa shape index (κ1) is 22.3. The summed E-state index contributed by atoms with van der Waals surface area (Å²) in [4.78, 5) is 52.5. The van der Waals surface area contributed by atoms with Crippen LogP contribution in [-0.2, 0) is 9.59 Å². The Morgan fingerprint density at radius 3 is 2.24 bits per heavy atom. The zero-order valence-electron chi connectivity index (χ0n) is 17.5. The van der Waals surface area contributed by atoms with Crippen LogP contribution in [-0.4, -0.2) is 38.5 Å². The summed E-state index contributed by atoms with van der Waals surface area (Å²) in [6.45, 7) is 1.80. The number of benzene rings is 2. The molecule has 1 aliphatic heterocycles. The predicted octanol–water partition coefficient (Wildman–Crippen LogP) is 4.23. The number of carboxylic acid groups (broad SMARTS) is 1. The lowest BCUT2D eigenvalue weighted by Gasteiger charge is -2.28. The molecule has 2 bridgehead atoms. The molecule has 6 atom stereocenters. The average Bonchev–Trinajstić information content (AvgIpc) is 3.38. The van der Waals surface area contributed by atoms with E-state index < -0.39 is 11.9 Å². The van der Waals surface area contributed by atoms with E-state index in [1.807, 2.05) is 0 Å². The average molecular weight is 576 g/mol. The third kappa shape index (κ3) is 3.44. The molecule has 0 aromatic heterocycles. The smallest absolute Gasteiger partial charge is 0.337 e. The maximum Gasteiger partial charge on any atom is 0.337 e. The van der Waals surface area contributed by atoms with Crippen LogP contribution in [0.2, 0.25) is 0 Å². The molecule has 2 aliphatic carbocycles. The highest BCUT2D eigenvalue weighted by molar-refractivity contribution is 9.12. The normalized spacial score (nSPS) is 30.0. The van der Waals surface area contributed by atoms with Gasteiger partial charge in [-0.05, 0) is 61.1 Å². The maximum absolute atomic E-state index is 13.3. The molecule has 7 nitrogen and oxygen atoms in total. The van der Waals surface area contributed by atoms with E-state index in [0.717, 1.165) is 12.0 Å². The number of alkyl halides is 2. The molecule has 9 heteroatoms. The standard InChI is InChI=1S/C24H20Br2N2O5/c1-10-5-6-13(24(32)33)16(7-10)27-21(29)11-3-2-4-12(8-11)28-22(30)17-14-9-15(18(17)23(28)31)20(26)19(14)25/h2-8,14-15,17-20H,9H2,1H3,(H,27,29)(H,32,33)/t14-,15-,17-,18-,19+,20+/m1/s1. The van der Waals surface area contributed by atoms with E-state index in [2.05, 4.69) is 37.2 Å². The number of nitrogens with one attached hydrogen (secondary N) is 1. The van der Waals surface area contributed by atoms with Gasteiger partial charge in [-0.15, -0.1) is 0 Å². The first-order chi connectivity index (χ1) is 15.7. The molecule has 33 heavy (non-hydrogen) atoms. The lowest BCUT2D eigenvalue weighted by Crippen LogP contribution is -2.37. The van der Waals surface area contributed by atoms with Crippen molar-refractivity contribution in [2.24, 2.45) is 23.7 Å². The van der Waals surface area contributed by atoms with Crippen LogP contribution >= 0.6 is 31.9 Å². The highest BCUT2D eigenvalue weighted by Gasteiger charge is 2.66. The van der Waals surface area contributed by atoms with Crippen LogP contribution in [0.5, 0.6) is 0 Å². The minimum atomic E-state index is -1.15.